The highest BCUT2D eigenvalue weighted by Gasteiger charge is 2.25. The van der Waals surface area contributed by atoms with E-state index in [9.17, 15) is 13.2 Å². The second-order valence-corrected chi connectivity index (χ2v) is 8.68. The lowest BCUT2D eigenvalue weighted by molar-refractivity contribution is -0.118. The van der Waals surface area contributed by atoms with E-state index in [0.29, 0.717) is 10.6 Å². The fraction of sp³-hybridized carbons (Fsp3) is 0.136. The average molecular weight is 429 g/mol. The lowest BCUT2D eigenvalue weighted by Gasteiger charge is -2.23. The van der Waals surface area contributed by atoms with Crippen molar-refractivity contribution >= 4 is 33.2 Å². The number of sulfonamides is 1. The molecule has 3 aromatic carbocycles. The summed E-state index contributed by atoms with van der Waals surface area (Å²) in [4.78, 5) is 14.5. The first-order valence-corrected chi connectivity index (χ1v) is 10.9. The standard InChI is InChI=1S/C22H21ClN2O3S/c1-25(19-8-4-2-5-9-19)22(26)16-21(17-12-14-18(23)15-13-17)24-29(27,28)20-10-6-3-7-11-20/h2-15,21,24H,16H2,1H3/t21-/m0/s1. The molecule has 0 bridgehead atoms. The number of benzene rings is 3. The van der Waals surface area contributed by atoms with Crippen molar-refractivity contribution in [1.82, 2.24) is 4.72 Å². The van der Waals surface area contributed by atoms with Crippen LogP contribution in [0.2, 0.25) is 5.02 Å². The van der Waals surface area contributed by atoms with Crippen LogP contribution in [0.25, 0.3) is 0 Å². The van der Waals surface area contributed by atoms with Crippen molar-refractivity contribution in [3.8, 4) is 0 Å². The molecular formula is C22H21ClN2O3S. The van der Waals surface area contributed by atoms with E-state index in [2.05, 4.69) is 4.72 Å². The third-order valence-corrected chi connectivity index (χ3v) is 6.26. The van der Waals surface area contributed by atoms with Crippen LogP contribution in [0.4, 0.5) is 5.69 Å². The summed E-state index contributed by atoms with van der Waals surface area (Å²) in [6.07, 6.45) is -0.0426. The summed E-state index contributed by atoms with van der Waals surface area (Å²) in [5.74, 6) is -0.216. The minimum Gasteiger partial charge on any atom is -0.315 e. The fourth-order valence-electron chi connectivity index (χ4n) is 2.88. The Morgan fingerprint density at radius 3 is 2.07 bits per heavy atom. The molecule has 0 aromatic heterocycles. The maximum atomic E-state index is 12.9. The smallest absolute Gasteiger partial charge is 0.241 e. The summed E-state index contributed by atoms with van der Waals surface area (Å²) < 4.78 is 28.3. The zero-order valence-corrected chi connectivity index (χ0v) is 17.4. The van der Waals surface area contributed by atoms with Gasteiger partial charge in [0.05, 0.1) is 10.9 Å². The van der Waals surface area contributed by atoms with Gasteiger partial charge in [0, 0.05) is 24.2 Å². The summed E-state index contributed by atoms with van der Waals surface area (Å²) in [6, 6.07) is 23.3. The van der Waals surface area contributed by atoms with Crippen LogP contribution in [0.5, 0.6) is 0 Å². The maximum Gasteiger partial charge on any atom is 0.241 e. The van der Waals surface area contributed by atoms with E-state index in [1.807, 2.05) is 30.3 Å². The van der Waals surface area contributed by atoms with Gasteiger partial charge in [0.25, 0.3) is 0 Å². The Bertz CT molecular complexity index is 1060. The minimum absolute atomic E-state index is 0.0426. The van der Waals surface area contributed by atoms with Crippen molar-refractivity contribution < 1.29 is 13.2 Å². The Morgan fingerprint density at radius 2 is 1.48 bits per heavy atom. The molecule has 0 radical (unpaired) electrons. The largest absolute Gasteiger partial charge is 0.315 e. The van der Waals surface area contributed by atoms with Crippen LogP contribution in [-0.2, 0) is 14.8 Å². The molecule has 150 valence electrons. The van der Waals surface area contributed by atoms with E-state index in [1.54, 1.807) is 49.5 Å². The maximum absolute atomic E-state index is 12.9. The molecule has 5 nitrogen and oxygen atoms in total. The van der Waals surface area contributed by atoms with E-state index in [-0.39, 0.29) is 17.2 Å². The van der Waals surface area contributed by atoms with Crippen molar-refractivity contribution in [2.45, 2.75) is 17.4 Å². The monoisotopic (exact) mass is 428 g/mol. The number of nitrogens with zero attached hydrogens (tertiary/aromatic N) is 1. The molecule has 1 N–H and O–H groups in total. The number of rotatable bonds is 7. The molecule has 0 fully saturated rings. The number of anilines is 1. The summed E-state index contributed by atoms with van der Waals surface area (Å²) in [5.41, 5.74) is 1.39. The van der Waals surface area contributed by atoms with E-state index in [1.165, 1.54) is 17.0 Å². The number of halogens is 1. The first-order chi connectivity index (χ1) is 13.9. The number of carbonyl (C=O) groups excluding carboxylic acids is 1. The van der Waals surface area contributed by atoms with Crippen LogP contribution in [0, 0.1) is 0 Å². The number of para-hydroxylation sites is 1. The lowest BCUT2D eigenvalue weighted by atomic mass is 10.0. The Labute approximate surface area is 176 Å². The van der Waals surface area contributed by atoms with Gasteiger partial charge in [-0.25, -0.2) is 13.1 Å². The molecule has 0 saturated heterocycles. The molecular weight excluding hydrogens is 408 g/mol. The molecule has 0 aliphatic carbocycles. The second kappa shape index (κ2) is 9.22. The van der Waals surface area contributed by atoms with Crippen LogP contribution in [-0.4, -0.2) is 21.4 Å². The molecule has 0 saturated carbocycles. The number of hydrogen-bond acceptors (Lipinski definition) is 3. The highest BCUT2D eigenvalue weighted by atomic mass is 35.5. The quantitative estimate of drug-likeness (QED) is 0.606. The Kier molecular flexibility index (Phi) is 6.69. The first-order valence-electron chi connectivity index (χ1n) is 9.01. The summed E-state index contributed by atoms with van der Waals surface area (Å²) >= 11 is 5.97. The van der Waals surface area contributed by atoms with Crippen molar-refractivity contribution in [1.29, 1.82) is 0 Å². The van der Waals surface area contributed by atoms with Gasteiger partial charge in [0.2, 0.25) is 15.9 Å². The molecule has 0 aliphatic heterocycles. The van der Waals surface area contributed by atoms with Gasteiger partial charge < -0.3 is 4.90 Å². The number of nitrogens with one attached hydrogen (secondary N) is 1. The molecule has 29 heavy (non-hydrogen) atoms. The fourth-order valence-corrected chi connectivity index (χ4v) is 4.26. The topological polar surface area (TPSA) is 66.5 Å². The van der Waals surface area contributed by atoms with Gasteiger partial charge in [-0.3, -0.25) is 4.79 Å². The molecule has 3 rings (SSSR count). The molecule has 1 amide bonds. The highest BCUT2D eigenvalue weighted by Crippen LogP contribution is 2.24. The first kappa shape index (κ1) is 21.0. The molecule has 3 aromatic rings. The Morgan fingerprint density at radius 1 is 0.931 bits per heavy atom. The van der Waals surface area contributed by atoms with Gasteiger partial charge in [-0.15, -0.1) is 0 Å². The van der Waals surface area contributed by atoms with Crippen LogP contribution in [0.3, 0.4) is 0 Å². The second-order valence-electron chi connectivity index (χ2n) is 6.53. The number of amides is 1. The summed E-state index contributed by atoms with van der Waals surface area (Å²) in [5, 5.41) is 0.533. The molecule has 7 heteroatoms. The SMILES string of the molecule is CN(C(=O)C[C@H](NS(=O)(=O)c1ccccc1)c1ccc(Cl)cc1)c1ccccc1. The average Bonchev–Trinajstić information content (AvgIpc) is 2.74. The van der Waals surface area contributed by atoms with E-state index < -0.39 is 16.1 Å². The van der Waals surface area contributed by atoms with Crippen LogP contribution in [0.15, 0.2) is 89.8 Å². The normalized spacial score (nSPS) is 12.3. The molecule has 1 atom stereocenters. The van der Waals surface area contributed by atoms with Crippen molar-refractivity contribution in [2.24, 2.45) is 0 Å². The minimum atomic E-state index is -3.81. The van der Waals surface area contributed by atoms with Crippen molar-refractivity contribution in [3.05, 3.63) is 95.5 Å². The van der Waals surface area contributed by atoms with E-state index in [4.69, 9.17) is 11.6 Å². The lowest BCUT2D eigenvalue weighted by Crippen LogP contribution is -2.34. The van der Waals surface area contributed by atoms with Gasteiger partial charge in [-0.1, -0.05) is 60.1 Å². The molecule has 0 heterocycles. The van der Waals surface area contributed by atoms with Crippen molar-refractivity contribution in [3.63, 3.8) is 0 Å². The van der Waals surface area contributed by atoms with Crippen LogP contribution < -0.4 is 9.62 Å². The van der Waals surface area contributed by atoms with Gasteiger partial charge >= 0.3 is 0 Å². The summed E-state index contributed by atoms with van der Waals surface area (Å²) in [7, 11) is -2.14. The molecule has 0 spiro atoms. The number of hydrogen-bond donors (Lipinski definition) is 1. The Hall–Kier alpha value is -2.67. The number of carbonyl (C=O) groups is 1. The zero-order valence-electron chi connectivity index (χ0n) is 15.8. The third-order valence-electron chi connectivity index (χ3n) is 4.52. The molecule has 0 aliphatic rings. The van der Waals surface area contributed by atoms with Gasteiger partial charge in [-0.2, -0.15) is 0 Å². The Balaban J connectivity index is 1.87. The van der Waals surface area contributed by atoms with Crippen LogP contribution >= 0.6 is 11.6 Å². The van der Waals surface area contributed by atoms with Crippen LogP contribution in [0.1, 0.15) is 18.0 Å². The van der Waals surface area contributed by atoms with E-state index >= 15 is 0 Å². The van der Waals surface area contributed by atoms with Gasteiger partial charge in [0.15, 0.2) is 0 Å². The predicted molar refractivity (Wildman–Crippen MR) is 115 cm³/mol. The van der Waals surface area contributed by atoms with Gasteiger partial charge in [0.1, 0.15) is 0 Å². The predicted octanol–water partition coefficient (Wildman–Crippen LogP) is 4.41. The summed E-state index contributed by atoms with van der Waals surface area (Å²) in [6.45, 7) is 0. The zero-order chi connectivity index (χ0) is 20.9. The third kappa shape index (κ3) is 5.44. The van der Waals surface area contributed by atoms with E-state index in [0.717, 1.165) is 5.69 Å². The highest BCUT2D eigenvalue weighted by molar-refractivity contribution is 7.89. The van der Waals surface area contributed by atoms with Crippen molar-refractivity contribution in [2.75, 3.05) is 11.9 Å². The van der Waals surface area contributed by atoms with Gasteiger partial charge in [-0.05, 0) is 42.0 Å². The molecule has 0 unspecified atom stereocenters.